The molecular formula is C15H14N2O2. The van der Waals surface area contributed by atoms with Gasteiger partial charge in [-0.2, -0.15) is 0 Å². The maximum atomic E-state index is 11.9. The average molecular weight is 254 g/mol. The van der Waals surface area contributed by atoms with Crippen LogP contribution in [0.25, 0.3) is 0 Å². The molecule has 0 spiro atoms. The van der Waals surface area contributed by atoms with Gasteiger partial charge in [0.1, 0.15) is 6.04 Å². The van der Waals surface area contributed by atoms with Crippen molar-refractivity contribution >= 4 is 11.8 Å². The van der Waals surface area contributed by atoms with Crippen LogP contribution in [-0.2, 0) is 4.79 Å². The van der Waals surface area contributed by atoms with Gasteiger partial charge in [-0.15, -0.1) is 0 Å². The lowest BCUT2D eigenvalue weighted by molar-refractivity contribution is -0.121. The van der Waals surface area contributed by atoms with E-state index in [9.17, 15) is 9.59 Å². The van der Waals surface area contributed by atoms with Crippen molar-refractivity contribution < 1.29 is 9.59 Å². The van der Waals surface area contributed by atoms with Crippen molar-refractivity contribution in [1.82, 2.24) is 5.32 Å². The molecule has 4 nitrogen and oxygen atoms in total. The fraction of sp³-hybridized carbons (Fsp3) is 0.0667. The van der Waals surface area contributed by atoms with Crippen molar-refractivity contribution in [3.8, 4) is 0 Å². The second-order valence-electron chi connectivity index (χ2n) is 4.07. The van der Waals surface area contributed by atoms with Crippen LogP contribution >= 0.6 is 0 Å². The zero-order valence-corrected chi connectivity index (χ0v) is 10.2. The Hall–Kier alpha value is -2.46. The van der Waals surface area contributed by atoms with Crippen LogP contribution in [0.5, 0.6) is 0 Å². The normalized spacial score (nSPS) is 11.6. The first-order valence-electron chi connectivity index (χ1n) is 5.89. The molecule has 1 atom stereocenters. The summed E-state index contributed by atoms with van der Waals surface area (Å²) in [7, 11) is 0. The Morgan fingerprint density at radius 1 is 0.895 bits per heavy atom. The van der Waals surface area contributed by atoms with Gasteiger partial charge in [0.2, 0.25) is 5.91 Å². The highest BCUT2D eigenvalue weighted by Crippen LogP contribution is 2.09. The highest BCUT2D eigenvalue weighted by Gasteiger charge is 2.18. The van der Waals surface area contributed by atoms with Crippen LogP contribution in [0.2, 0.25) is 0 Å². The number of hydrogen-bond donors (Lipinski definition) is 2. The van der Waals surface area contributed by atoms with Crippen LogP contribution in [0.1, 0.15) is 22.0 Å². The lowest BCUT2D eigenvalue weighted by Gasteiger charge is -2.11. The van der Waals surface area contributed by atoms with Crippen LogP contribution in [0.4, 0.5) is 0 Å². The number of imide groups is 1. The summed E-state index contributed by atoms with van der Waals surface area (Å²) in [6.45, 7) is 0. The van der Waals surface area contributed by atoms with Gasteiger partial charge in [0.05, 0.1) is 0 Å². The van der Waals surface area contributed by atoms with E-state index in [1.807, 2.05) is 6.07 Å². The number of nitrogens with one attached hydrogen (secondary N) is 1. The first-order valence-corrected chi connectivity index (χ1v) is 5.89. The molecule has 2 aromatic rings. The highest BCUT2D eigenvalue weighted by atomic mass is 16.2. The van der Waals surface area contributed by atoms with Gasteiger partial charge in [-0.1, -0.05) is 48.5 Å². The largest absolute Gasteiger partial charge is 0.316 e. The second-order valence-corrected chi connectivity index (χ2v) is 4.07. The van der Waals surface area contributed by atoms with Crippen LogP contribution in [0, 0.1) is 0 Å². The van der Waals surface area contributed by atoms with E-state index in [-0.39, 0.29) is 0 Å². The van der Waals surface area contributed by atoms with Crippen molar-refractivity contribution in [1.29, 1.82) is 0 Å². The number of carbonyl (C=O) groups is 2. The van der Waals surface area contributed by atoms with Crippen LogP contribution in [0.15, 0.2) is 60.7 Å². The van der Waals surface area contributed by atoms with E-state index < -0.39 is 17.9 Å². The molecule has 2 aromatic carbocycles. The summed E-state index contributed by atoms with van der Waals surface area (Å²) < 4.78 is 0. The maximum Gasteiger partial charge on any atom is 0.257 e. The molecule has 0 bridgehead atoms. The standard InChI is InChI=1S/C15H14N2O2/c16-13(11-7-3-1-4-8-11)15(19)17-14(18)12-9-5-2-6-10-12/h1-10,13H,16H2,(H,17,18,19)/t13-/m0/s1. The van der Waals surface area contributed by atoms with Gasteiger partial charge in [0.15, 0.2) is 0 Å². The molecule has 0 fully saturated rings. The lowest BCUT2D eigenvalue weighted by Crippen LogP contribution is -2.38. The molecule has 0 saturated carbocycles. The SMILES string of the molecule is N[C@H](C(=O)NC(=O)c1ccccc1)c1ccccc1. The van der Waals surface area contributed by atoms with E-state index in [0.717, 1.165) is 0 Å². The Kier molecular flexibility index (Phi) is 4.05. The smallest absolute Gasteiger partial charge is 0.257 e. The van der Waals surface area contributed by atoms with Crippen molar-refractivity contribution in [2.24, 2.45) is 5.73 Å². The van der Waals surface area contributed by atoms with Crippen molar-refractivity contribution in [3.63, 3.8) is 0 Å². The van der Waals surface area contributed by atoms with E-state index in [4.69, 9.17) is 5.73 Å². The van der Waals surface area contributed by atoms with E-state index >= 15 is 0 Å². The number of nitrogens with two attached hydrogens (primary N) is 1. The molecule has 0 aliphatic rings. The van der Waals surface area contributed by atoms with E-state index in [0.29, 0.717) is 11.1 Å². The Labute approximate surface area is 111 Å². The second kappa shape index (κ2) is 5.93. The van der Waals surface area contributed by atoms with Crippen molar-refractivity contribution in [2.45, 2.75) is 6.04 Å². The zero-order chi connectivity index (χ0) is 13.7. The summed E-state index contributed by atoms with van der Waals surface area (Å²) in [4.78, 5) is 23.7. The number of carbonyl (C=O) groups excluding carboxylic acids is 2. The molecule has 0 aliphatic heterocycles. The Bertz CT molecular complexity index is 567. The first-order chi connectivity index (χ1) is 9.18. The van der Waals surface area contributed by atoms with Gasteiger partial charge in [0.25, 0.3) is 5.91 Å². The van der Waals surface area contributed by atoms with Crippen LogP contribution in [0.3, 0.4) is 0 Å². The predicted molar refractivity (Wildman–Crippen MR) is 72.3 cm³/mol. The van der Waals surface area contributed by atoms with Gasteiger partial charge in [-0.05, 0) is 17.7 Å². The van der Waals surface area contributed by atoms with Gasteiger partial charge in [-0.25, -0.2) is 0 Å². The van der Waals surface area contributed by atoms with Crippen LogP contribution < -0.4 is 11.1 Å². The minimum absolute atomic E-state index is 0.427. The molecule has 4 heteroatoms. The minimum Gasteiger partial charge on any atom is -0.316 e. The average Bonchev–Trinajstić information content (AvgIpc) is 2.48. The Balaban J connectivity index is 2.04. The monoisotopic (exact) mass is 254 g/mol. The van der Waals surface area contributed by atoms with Gasteiger partial charge < -0.3 is 5.73 Å². The summed E-state index contributed by atoms with van der Waals surface area (Å²) >= 11 is 0. The minimum atomic E-state index is -0.853. The Morgan fingerprint density at radius 2 is 1.42 bits per heavy atom. The molecule has 96 valence electrons. The van der Waals surface area contributed by atoms with Gasteiger partial charge in [-0.3, -0.25) is 14.9 Å². The molecule has 0 unspecified atom stereocenters. The predicted octanol–water partition coefficient (Wildman–Crippen LogP) is 1.64. The topological polar surface area (TPSA) is 72.2 Å². The molecule has 19 heavy (non-hydrogen) atoms. The van der Waals surface area contributed by atoms with E-state index in [1.54, 1.807) is 54.6 Å². The third-order valence-electron chi connectivity index (χ3n) is 2.71. The molecular weight excluding hydrogens is 240 g/mol. The summed E-state index contributed by atoms with van der Waals surface area (Å²) in [6.07, 6.45) is 0. The lowest BCUT2D eigenvalue weighted by atomic mass is 10.1. The number of rotatable bonds is 3. The van der Waals surface area contributed by atoms with E-state index in [1.165, 1.54) is 0 Å². The third-order valence-corrected chi connectivity index (χ3v) is 2.71. The van der Waals surface area contributed by atoms with Gasteiger partial charge >= 0.3 is 0 Å². The Morgan fingerprint density at radius 3 is 2.00 bits per heavy atom. The molecule has 3 N–H and O–H groups in total. The van der Waals surface area contributed by atoms with Gasteiger partial charge in [0, 0.05) is 5.56 Å². The number of hydrogen-bond acceptors (Lipinski definition) is 3. The molecule has 0 saturated heterocycles. The number of amides is 2. The van der Waals surface area contributed by atoms with Crippen molar-refractivity contribution in [2.75, 3.05) is 0 Å². The highest BCUT2D eigenvalue weighted by molar-refractivity contribution is 6.06. The van der Waals surface area contributed by atoms with E-state index in [2.05, 4.69) is 5.32 Å². The first kappa shape index (κ1) is 13.0. The zero-order valence-electron chi connectivity index (χ0n) is 10.2. The molecule has 2 amide bonds. The molecule has 0 radical (unpaired) electrons. The van der Waals surface area contributed by atoms with Crippen molar-refractivity contribution in [3.05, 3.63) is 71.8 Å². The van der Waals surface area contributed by atoms with Crippen LogP contribution in [-0.4, -0.2) is 11.8 Å². The fourth-order valence-electron chi connectivity index (χ4n) is 1.66. The summed E-state index contributed by atoms with van der Waals surface area (Å²) in [5.41, 5.74) is 6.90. The molecule has 0 heterocycles. The summed E-state index contributed by atoms with van der Waals surface area (Å²) in [5.74, 6) is -0.961. The number of benzene rings is 2. The molecule has 0 aliphatic carbocycles. The molecule has 2 rings (SSSR count). The summed E-state index contributed by atoms with van der Waals surface area (Å²) in [6, 6.07) is 16.6. The molecule has 0 aromatic heterocycles. The maximum absolute atomic E-state index is 11.9. The fourth-order valence-corrected chi connectivity index (χ4v) is 1.66. The summed E-state index contributed by atoms with van der Waals surface area (Å²) in [5, 5.41) is 2.29. The third kappa shape index (κ3) is 3.26. The quantitative estimate of drug-likeness (QED) is 0.874.